The third kappa shape index (κ3) is 6.52. The van der Waals surface area contributed by atoms with Gasteiger partial charge in [-0.25, -0.2) is 0 Å². The molecule has 4 rings (SSSR count). The number of hydrogen-bond acceptors (Lipinski definition) is 3. The van der Waals surface area contributed by atoms with Crippen LogP contribution in [0, 0.1) is 11.8 Å². The molecule has 2 aliphatic rings. The molecule has 1 aromatic heterocycles. The van der Waals surface area contributed by atoms with Crippen molar-refractivity contribution < 1.29 is 4.79 Å². The number of likely N-dealkylation sites (tertiary alicyclic amines) is 1. The van der Waals surface area contributed by atoms with Crippen LogP contribution in [0.1, 0.15) is 69.2 Å². The van der Waals surface area contributed by atoms with Gasteiger partial charge in [-0.1, -0.05) is 60.9 Å². The quantitative estimate of drug-likeness (QED) is 0.589. The van der Waals surface area contributed by atoms with Crippen LogP contribution in [0.5, 0.6) is 0 Å². The Morgan fingerprint density at radius 3 is 2.62 bits per heavy atom. The van der Waals surface area contributed by atoms with E-state index in [9.17, 15) is 4.79 Å². The molecule has 170 valence electrons. The predicted molar refractivity (Wildman–Crippen MR) is 131 cm³/mol. The van der Waals surface area contributed by atoms with Crippen molar-refractivity contribution in [1.82, 2.24) is 15.2 Å². The lowest BCUT2D eigenvalue weighted by molar-refractivity contribution is -0.123. The molecule has 1 amide bonds. The molecule has 32 heavy (non-hydrogen) atoms. The minimum absolute atomic E-state index is 0.00804. The summed E-state index contributed by atoms with van der Waals surface area (Å²) in [6.07, 6.45) is 12.0. The molecule has 1 aliphatic heterocycles. The summed E-state index contributed by atoms with van der Waals surface area (Å²) >= 11 is 0. The van der Waals surface area contributed by atoms with Gasteiger partial charge < -0.3 is 5.32 Å². The van der Waals surface area contributed by atoms with E-state index in [0.29, 0.717) is 18.3 Å². The van der Waals surface area contributed by atoms with Crippen LogP contribution in [0.2, 0.25) is 0 Å². The van der Waals surface area contributed by atoms with E-state index in [-0.39, 0.29) is 11.9 Å². The van der Waals surface area contributed by atoms with Crippen LogP contribution in [-0.4, -0.2) is 35.4 Å². The molecule has 1 saturated carbocycles. The van der Waals surface area contributed by atoms with Gasteiger partial charge in [0.2, 0.25) is 5.91 Å². The van der Waals surface area contributed by atoms with E-state index >= 15 is 0 Å². The summed E-state index contributed by atoms with van der Waals surface area (Å²) in [7, 11) is 0. The summed E-state index contributed by atoms with van der Waals surface area (Å²) in [5, 5.41) is 3.40. The molecule has 0 radical (unpaired) electrons. The van der Waals surface area contributed by atoms with Gasteiger partial charge in [0.15, 0.2) is 0 Å². The Labute approximate surface area is 193 Å². The summed E-state index contributed by atoms with van der Waals surface area (Å²) in [5.41, 5.74) is 3.62. The fourth-order valence-electron chi connectivity index (χ4n) is 5.44. The zero-order valence-electron chi connectivity index (χ0n) is 19.4. The third-order valence-electron chi connectivity index (χ3n) is 6.97. The SMILES string of the molecule is CC(=Cc1ccccc1)CN1CCCC(C(NC(=O)CC2CCCC2)c2ccccn2)C1. The maximum Gasteiger partial charge on any atom is 0.220 e. The van der Waals surface area contributed by atoms with Crippen molar-refractivity contribution in [2.45, 2.75) is 57.9 Å². The topological polar surface area (TPSA) is 45.2 Å². The van der Waals surface area contributed by atoms with Gasteiger partial charge in [0.1, 0.15) is 0 Å². The third-order valence-corrected chi connectivity index (χ3v) is 6.97. The summed E-state index contributed by atoms with van der Waals surface area (Å²) < 4.78 is 0. The monoisotopic (exact) mass is 431 g/mol. The molecular weight excluding hydrogens is 394 g/mol. The molecule has 2 heterocycles. The number of pyridine rings is 1. The normalized spacial score (nSPS) is 21.4. The van der Waals surface area contributed by atoms with Crippen molar-refractivity contribution in [2.75, 3.05) is 19.6 Å². The summed E-state index contributed by atoms with van der Waals surface area (Å²) in [5.74, 6) is 1.15. The maximum atomic E-state index is 12.9. The van der Waals surface area contributed by atoms with Gasteiger partial charge in [-0.05, 0) is 68.7 Å². The molecule has 1 saturated heterocycles. The molecule has 2 unspecified atom stereocenters. The number of amides is 1. The van der Waals surface area contributed by atoms with Crippen LogP contribution < -0.4 is 5.32 Å². The second-order valence-electron chi connectivity index (χ2n) is 9.69. The molecule has 2 aromatic rings. The zero-order valence-corrected chi connectivity index (χ0v) is 19.4. The number of carbonyl (C=O) groups excluding carboxylic acids is 1. The molecule has 4 nitrogen and oxygen atoms in total. The lowest BCUT2D eigenvalue weighted by atomic mass is 9.87. The van der Waals surface area contributed by atoms with E-state index in [1.54, 1.807) is 0 Å². The van der Waals surface area contributed by atoms with E-state index in [0.717, 1.165) is 38.2 Å². The highest BCUT2D eigenvalue weighted by atomic mass is 16.1. The fourth-order valence-corrected chi connectivity index (χ4v) is 5.44. The lowest BCUT2D eigenvalue weighted by Crippen LogP contribution is -2.44. The molecule has 1 aromatic carbocycles. The van der Waals surface area contributed by atoms with Crippen molar-refractivity contribution >= 4 is 12.0 Å². The first kappa shape index (κ1) is 22.7. The van der Waals surface area contributed by atoms with Crippen LogP contribution in [-0.2, 0) is 4.79 Å². The van der Waals surface area contributed by atoms with Crippen LogP contribution in [0.15, 0.2) is 60.3 Å². The molecule has 1 N–H and O–H groups in total. The van der Waals surface area contributed by atoms with E-state index in [4.69, 9.17) is 0 Å². The smallest absolute Gasteiger partial charge is 0.220 e. The summed E-state index contributed by atoms with van der Waals surface area (Å²) in [6, 6.07) is 16.6. The van der Waals surface area contributed by atoms with Crippen molar-refractivity contribution in [3.05, 3.63) is 71.6 Å². The fraction of sp³-hybridized carbons (Fsp3) is 0.500. The largest absolute Gasteiger partial charge is 0.347 e. The van der Waals surface area contributed by atoms with E-state index in [2.05, 4.69) is 64.6 Å². The molecule has 2 atom stereocenters. The van der Waals surface area contributed by atoms with Gasteiger partial charge in [0, 0.05) is 25.7 Å². The minimum atomic E-state index is -0.00804. The van der Waals surface area contributed by atoms with Crippen LogP contribution in [0.3, 0.4) is 0 Å². The average molecular weight is 432 g/mol. The molecule has 4 heteroatoms. The lowest BCUT2D eigenvalue weighted by Gasteiger charge is -2.37. The summed E-state index contributed by atoms with van der Waals surface area (Å²) in [6.45, 7) is 5.29. The number of piperidine rings is 1. The van der Waals surface area contributed by atoms with Gasteiger partial charge in [0.25, 0.3) is 0 Å². The highest BCUT2D eigenvalue weighted by molar-refractivity contribution is 5.76. The van der Waals surface area contributed by atoms with Gasteiger partial charge in [0.05, 0.1) is 11.7 Å². The Morgan fingerprint density at radius 2 is 1.88 bits per heavy atom. The Hall–Kier alpha value is -2.46. The van der Waals surface area contributed by atoms with Crippen LogP contribution in [0.4, 0.5) is 0 Å². The molecule has 0 spiro atoms. The first-order valence-electron chi connectivity index (χ1n) is 12.3. The van der Waals surface area contributed by atoms with Crippen LogP contribution in [0.25, 0.3) is 6.08 Å². The first-order chi connectivity index (χ1) is 15.7. The Balaban J connectivity index is 1.42. The molecular formula is C28H37N3O. The maximum absolute atomic E-state index is 12.9. The minimum Gasteiger partial charge on any atom is -0.347 e. The zero-order chi connectivity index (χ0) is 22.2. The number of nitrogens with zero attached hydrogens (tertiary/aromatic N) is 2. The first-order valence-corrected chi connectivity index (χ1v) is 12.3. The number of aromatic nitrogens is 1. The standard InChI is InChI=1S/C28H37N3O/c1-22(18-23-10-3-2-4-11-23)20-31-17-9-14-25(21-31)28(26-15-7-8-16-29-26)30-27(32)19-24-12-5-6-13-24/h2-4,7-8,10-11,15-16,18,24-25,28H,5-6,9,12-14,17,19-21H2,1H3,(H,30,32). The van der Waals surface area contributed by atoms with Crippen LogP contribution >= 0.6 is 0 Å². The number of hydrogen-bond donors (Lipinski definition) is 1. The van der Waals surface area contributed by atoms with Gasteiger partial charge in [-0.15, -0.1) is 0 Å². The van der Waals surface area contributed by atoms with E-state index < -0.39 is 0 Å². The average Bonchev–Trinajstić information content (AvgIpc) is 3.32. The number of rotatable bonds is 8. The van der Waals surface area contributed by atoms with Crippen molar-refractivity contribution in [3.63, 3.8) is 0 Å². The Bertz CT molecular complexity index is 874. The highest BCUT2D eigenvalue weighted by Gasteiger charge is 2.31. The van der Waals surface area contributed by atoms with Crippen molar-refractivity contribution in [3.8, 4) is 0 Å². The Kier molecular flexibility index (Phi) is 8.11. The van der Waals surface area contributed by atoms with E-state index in [1.165, 1.54) is 36.8 Å². The summed E-state index contributed by atoms with van der Waals surface area (Å²) in [4.78, 5) is 20.1. The molecule has 0 bridgehead atoms. The highest BCUT2D eigenvalue weighted by Crippen LogP contribution is 2.31. The van der Waals surface area contributed by atoms with Gasteiger partial charge in [-0.2, -0.15) is 0 Å². The van der Waals surface area contributed by atoms with E-state index in [1.807, 2.05) is 18.3 Å². The second-order valence-corrected chi connectivity index (χ2v) is 9.69. The number of benzene rings is 1. The van der Waals surface area contributed by atoms with Gasteiger partial charge in [-0.3, -0.25) is 14.7 Å². The molecule has 2 fully saturated rings. The predicted octanol–water partition coefficient (Wildman–Crippen LogP) is 5.63. The van der Waals surface area contributed by atoms with Crippen molar-refractivity contribution in [1.29, 1.82) is 0 Å². The number of nitrogens with one attached hydrogen (secondary N) is 1. The van der Waals surface area contributed by atoms with Gasteiger partial charge >= 0.3 is 0 Å². The van der Waals surface area contributed by atoms with Crippen molar-refractivity contribution in [2.24, 2.45) is 11.8 Å². The second kappa shape index (κ2) is 11.4. The number of carbonyl (C=O) groups is 1. The Morgan fingerprint density at radius 1 is 1.09 bits per heavy atom. The molecule has 1 aliphatic carbocycles.